The van der Waals surface area contributed by atoms with Gasteiger partial charge in [0.2, 0.25) is 0 Å². The van der Waals surface area contributed by atoms with Crippen molar-refractivity contribution in [2.24, 2.45) is 0 Å². The Balaban J connectivity index is 1.86. The Bertz CT molecular complexity index is 561. The van der Waals surface area contributed by atoms with Gasteiger partial charge in [0.25, 0.3) is 0 Å². The van der Waals surface area contributed by atoms with Gasteiger partial charge in [-0.3, -0.25) is 0 Å². The highest BCUT2D eigenvalue weighted by Crippen LogP contribution is 2.12. The number of aryl methyl sites for hydroxylation is 1. The van der Waals surface area contributed by atoms with E-state index in [1.165, 1.54) is 5.56 Å². The first-order chi connectivity index (χ1) is 9.15. The first kappa shape index (κ1) is 13.6. The fourth-order valence-electron chi connectivity index (χ4n) is 1.72. The van der Waals surface area contributed by atoms with Crippen LogP contribution < -0.4 is 0 Å². The number of carbonyl (C=O) groups excluding carboxylic acids is 1. The lowest BCUT2D eigenvalue weighted by molar-refractivity contribution is 0.0509. The second-order valence-corrected chi connectivity index (χ2v) is 4.82. The third-order valence-corrected chi connectivity index (χ3v) is 3.04. The smallest absolute Gasteiger partial charge is 0.338 e. The summed E-state index contributed by atoms with van der Waals surface area (Å²) in [4.78, 5) is 11.8. The predicted octanol–water partition coefficient (Wildman–Crippen LogP) is 4.05. The summed E-state index contributed by atoms with van der Waals surface area (Å²) in [5, 5.41) is 0.535. The summed E-state index contributed by atoms with van der Waals surface area (Å²) in [6.07, 6.45) is 0.715. The van der Waals surface area contributed by atoms with Gasteiger partial charge in [-0.2, -0.15) is 0 Å². The number of hydrogen-bond acceptors (Lipinski definition) is 2. The van der Waals surface area contributed by atoms with Crippen LogP contribution >= 0.6 is 11.6 Å². The molecule has 0 spiro atoms. The van der Waals surface area contributed by atoms with Crippen molar-refractivity contribution in [1.82, 2.24) is 0 Å². The molecule has 19 heavy (non-hydrogen) atoms. The van der Waals surface area contributed by atoms with E-state index >= 15 is 0 Å². The van der Waals surface area contributed by atoms with Gasteiger partial charge in [0.1, 0.15) is 0 Å². The molecule has 0 bridgehead atoms. The zero-order valence-corrected chi connectivity index (χ0v) is 11.5. The quantitative estimate of drug-likeness (QED) is 0.786. The van der Waals surface area contributed by atoms with Crippen LogP contribution in [0, 0.1) is 6.92 Å². The molecule has 2 aromatic rings. The number of rotatable bonds is 4. The van der Waals surface area contributed by atoms with Crippen LogP contribution in [0.15, 0.2) is 48.5 Å². The van der Waals surface area contributed by atoms with E-state index in [2.05, 4.69) is 0 Å². The monoisotopic (exact) mass is 274 g/mol. The summed E-state index contributed by atoms with van der Waals surface area (Å²) in [7, 11) is 0. The van der Waals surface area contributed by atoms with E-state index < -0.39 is 0 Å². The molecule has 0 aliphatic rings. The van der Waals surface area contributed by atoms with Gasteiger partial charge in [-0.15, -0.1) is 0 Å². The molecule has 0 aliphatic carbocycles. The molecule has 0 unspecified atom stereocenters. The maximum atomic E-state index is 11.8. The molecule has 0 radical (unpaired) electrons. The minimum Gasteiger partial charge on any atom is -0.462 e. The van der Waals surface area contributed by atoms with Crippen LogP contribution in [0.5, 0.6) is 0 Å². The molecule has 2 aromatic carbocycles. The van der Waals surface area contributed by atoms with Crippen LogP contribution in [-0.2, 0) is 11.2 Å². The molecule has 0 saturated carbocycles. The maximum absolute atomic E-state index is 11.8. The largest absolute Gasteiger partial charge is 0.462 e. The van der Waals surface area contributed by atoms with Gasteiger partial charge >= 0.3 is 5.97 Å². The molecule has 0 N–H and O–H groups in total. The fourth-order valence-corrected chi connectivity index (χ4v) is 1.91. The van der Waals surface area contributed by atoms with Gasteiger partial charge in [-0.05, 0) is 30.7 Å². The molecule has 0 atom stereocenters. The molecule has 0 aliphatic heterocycles. The molecule has 98 valence electrons. The predicted molar refractivity (Wildman–Crippen MR) is 76.6 cm³/mol. The van der Waals surface area contributed by atoms with Gasteiger partial charge in [0.15, 0.2) is 0 Å². The Hall–Kier alpha value is -1.80. The second kappa shape index (κ2) is 6.39. The summed E-state index contributed by atoms with van der Waals surface area (Å²) in [5.74, 6) is -0.338. The number of carbonyl (C=O) groups is 1. The third-order valence-electron chi connectivity index (χ3n) is 2.80. The lowest BCUT2D eigenvalue weighted by Gasteiger charge is -2.05. The highest BCUT2D eigenvalue weighted by atomic mass is 35.5. The van der Waals surface area contributed by atoms with Crippen molar-refractivity contribution in [3.05, 3.63) is 70.2 Å². The van der Waals surface area contributed by atoms with Crippen LogP contribution in [-0.4, -0.2) is 12.6 Å². The maximum Gasteiger partial charge on any atom is 0.338 e. The van der Waals surface area contributed by atoms with E-state index in [1.807, 2.05) is 31.2 Å². The van der Waals surface area contributed by atoms with Crippen molar-refractivity contribution in [3.8, 4) is 0 Å². The van der Waals surface area contributed by atoms with E-state index in [0.29, 0.717) is 23.6 Å². The summed E-state index contributed by atoms with van der Waals surface area (Å²) < 4.78 is 5.22. The Morgan fingerprint density at radius 1 is 1.16 bits per heavy atom. The van der Waals surface area contributed by atoms with Gasteiger partial charge in [0, 0.05) is 11.4 Å². The summed E-state index contributed by atoms with van der Waals surface area (Å²) in [5.41, 5.74) is 2.86. The molecule has 0 heterocycles. The molecule has 2 rings (SSSR count). The minimum absolute atomic E-state index is 0.338. The second-order valence-electron chi connectivity index (χ2n) is 4.38. The number of ether oxygens (including phenoxy) is 1. The SMILES string of the molecule is Cc1ccc(CCOC(=O)c2cccc(Cl)c2)cc1. The van der Waals surface area contributed by atoms with Crippen molar-refractivity contribution in [2.45, 2.75) is 13.3 Å². The average Bonchev–Trinajstić information content (AvgIpc) is 2.41. The van der Waals surface area contributed by atoms with Crippen molar-refractivity contribution in [1.29, 1.82) is 0 Å². The van der Waals surface area contributed by atoms with Crippen molar-refractivity contribution < 1.29 is 9.53 Å². The molecular weight excluding hydrogens is 260 g/mol. The zero-order valence-electron chi connectivity index (χ0n) is 10.7. The average molecular weight is 275 g/mol. The minimum atomic E-state index is -0.338. The van der Waals surface area contributed by atoms with E-state index in [4.69, 9.17) is 16.3 Å². The molecule has 3 heteroatoms. The van der Waals surface area contributed by atoms with Gasteiger partial charge < -0.3 is 4.74 Å². The summed E-state index contributed by atoms with van der Waals surface area (Å²) >= 11 is 5.83. The number of benzene rings is 2. The molecule has 0 amide bonds. The van der Waals surface area contributed by atoms with Crippen LogP contribution in [0.25, 0.3) is 0 Å². The highest BCUT2D eigenvalue weighted by Gasteiger charge is 2.07. The van der Waals surface area contributed by atoms with Crippen molar-refractivity contribution in [3.63, 3.8) is 0 Å². The first-order valence-corrected chi connectivity index (χ1v) is 6.51. The highest BCUT2D eigenvalue weighted by molar-refractivity contribution is 6.30. The van der Waals surface area contributed by atoms with Crippen LogP contribution in [0.3, 0.4) is 0 Å². The third kappa shape index (κ3) is 4.11. The van der Waals surface area contributed by atoms with Gasteiger partial charge in [-0.25, -0.2) is 4.79 Å². The lowest BCUT2D eigenvalue weighted by Crippen LogP contribution is -2.08. The van der Waals surface area contributed by atoms with Crippen LogP contribution in [0.1, 0.15) is 21.5 Å². The fraction of sp³-hybridized carbons (Fsp3) is 0.188. The summed E-state index contributed by atoms with van der Waals surface area (Å²) in [6.45, 7) is 2.41. The molecule has 0 saturated heterocycles. The van der Waals surface area contributed by atoms with E-state index in [-0.39, 0.29) is 5.97 Å². The number of hydrogen-bond donors (Lipinski definition) is 0. The molecule has 0 aromatic heterocycles. The zero-order chi connectivity index (χ0) is 13.7. The topological polar surface area (TPSA) is 26.3 Å². The Morgan fingerprint density at radius 3 is 2.58 bits per heavy atom. The number of halogens is 1. The van der Waals surface area contributed by atoms with E-state index in [0.717, 1.165) is 5.56 Å². The Kier molecular flexibility index (Phi) is 4.58. The lowest BCUT2D eigenvalue weighted by atomic mass is 10.1. The van der Waals surface area contributed by atoms with Gasteiger partial charge in [-0.1, -0.05) is 47.5 Å². The van der Waals surface area contributed by atoms with E-state index in [1.54, 1.807) is 24.3 Å². The Labute approximate surface area is 118 Å². The van der Waals surface area contributed by atoms with Crippen molar-refractivity contribution in [2.75, 3.05) is 6.61 Å². The molecular formula is C16H15ClO2. The molecule has 0 fully saturated rings. The molecule has 2 nitrogen and oxygen atoms in total. The normalized spacial score (nSPS) is 10.2. The first-order valence-electron chi connectivity index (χ1n) is 6.13. The van der Waals surface area contributed by atoms with Crippen molar-refractivity contribution >= 4 is 17.6 Å². The summed E-state index contributed by atoms with van der Waals surface area (Å²) in [6, 6.07) is 15.0. The number of esters is 1. The van der Waals surface area contributed by atoms with Gasteiger partial charge in [0.05, 0.1) is 12.2 Å². The standard InChI is InChI=1S/C16H15ClO2/c1-12-5-7-13(8-6-12)9-10-19-16(18)14-3-2-4-15(17)11-14/h2-8,11H,9-10H2,1H3. The van der Waals surface area contributed by atoms with E-state index in [9.17, 15) is 4.79 Å². The van der Waals surface area contributed by atoms with Crippen LogP contribution in [0.2, 0.25) is 5.02 Å². The Morgan fingerprint density at radius 2 is 1.89 bits per heavy atom. The van der Waals surface area contributed by atoms with Crippen LogP contribution in [0.4, 0.5) is 0 Å².